The predicted octanol–water partition coefficient (Wildman–Crippen LogP) is 3.77. The Kier molecular flexibility index (Phi) is 17.9. The van der Waals surface area contributed by atoms with Gasteiger partial charge in [0.1, 0.15) is 17.7 Å². The minimum Gasteiger partial charge on any atom is -0.444 e. The zero-order valence-corrected chi connectivity index (χ0v) is 25.5. The van der Waals surface area contributed by atoms with Gasteiger partial charge in [0, 0.05) is 17.9 Å². The van der Waals surface area contributed by atoms with Crippen molar-refractivity contribution in [1.29, 1.82) is 0 Å². The van der Waals surface area contributed by atoms with Gasteiger partial charge in [-0.05, 0) is 80.6 Å². The van der Waals surface area contributed by atoms with E-state index in [-0.39, 0.29) is 18.6 Å². The topological polar surface area (TPSA) is 166 Å². The fourth-order valence-electron chi connectivity index (χ4n) is 3.29. The van der Waals surface area contributed by atoms with Gasteiger partial charge in [0.2, 0.25) is 11.8 Å². The number of nitrogens with one attached hydrogen (secondary N) is 3. The molecule has 0 radical (unpaired) electrons. The van der Waals surface area contributed by atoms with Crippen molar-refractivity contribution in [1.82, 2.24) is 16.1 Å². The van der Waals surface area contributed by atoms with Crippen LogP contribution in [0.15, 0.2) is 34.9 Å². The quantitative estimate of drug-likeness (QED) is 0.0586. The fraction of sp³-hybridized carbons (Fsp3) is 0.643. The van der Waals surface area contributed by atoms with Gasteiger partial charge in [-0.3, -0.25) is 19.8 Å². The average molecular weight is 568 g/mol. The molecular weight excluding hydrogens is 518 g/mol. The summed E-state index contributed by atoms with van der Waals surface area (Å²) in [4.78, 5) is 48.7. The van der Waals surface area contributed by atoms with Gasteiger partial charge >= 0.3 is 6.09 Å². The van der Waals surface area contributed by atoms with Crippen LogP contribution in [0.5, 0.6) is 0 Å². The van der Waals surface area contributed by atoms with Crippen molar-refractivity contribution in [3.05, 3.63) is 34.9 Å². The Morgan fingerprint density at radius 1 is 0.846 bits per heavy atom. The number of hydrogen-bond acceptors (Lipinski definition) is 7. The Balaban J connectivity index is 4.96. The van der Waals surface area contributed by atoms with Crippen LogP contribution in [-0.2, 0) is 19.1 Å². The molecule has 0 saturated heterocycles. The normalized spacial score (nSPS) is 13.6. The molecule has 0 aromatic heterocycles. The SMILES string of the molecule is CC(C)=CCC/C(C)=C/CC/C(C)=C/CSC[C@H](NC(=O)[C@@H](CCC(N)=O)NC(=O)OC(C)(C)C)C(=O)NN. The van der Waals surface area contributed by atoms with E-state index in [0.717, 1.165) is 25.7 Å². The number of carbonyl (C=O) groups excluding carboxylic acids is 4. The number of thioether (sulfide) groups is 1. The van der Waals surface area contributed by atoms with Crippen molar-refractivity contribution < 1.29 is 23.9 Å². The highest BCUT2D eigenvalue weighted by Gasteiger charge is 2.28. The fourth-order valence-corrected chi connectivity index (χ4v) is 4.30. The lowest BCUT2D eigenvalue weighted by molar-refractivity contribution is -0.129. The van der Waals surface area contributed by atoms with Crippen LogP contribution in [0, 0.1) is 0 Å². The summed E-state index contributed by atoms with van der Waals surface area (Å²) in [5.41, 5.74) is 10.5. The van der Waals surface area contributed by atoms with E-state index in [2.05, 4.69) is 62.0 Å². The first-order valence-electron chi connectivity index (χ1n) is 13.3. The zero-order chi connectivity index (χ0) is 30.0. The van der Waals surface area contributed by atoms with Gasteiger partial charge in [-0.2, -0.15) is 11.8 Å². The number of allylic oxidation sites excluding steroid dienone is 5. The summed E-state index contributed by atoms with van der Waals surface area (Å²) in [5.74, 6) is 4.39. The third-order valence-corrected chi connectivity index (χ3v) is 6.39. The van der Waals surface area contributed by atoms with Gasteiger partial charge in [-0.1, -0.05) is 34.9 Å². The first-order valence-corrected chi connectivity index (χ1v) is 14.4. The van der Waals surface area contributed by atoms with Crippen LogP contribution >= 0.6 is 11.8 Å². The molecule has 7 N–H and O–H groups in total. The number of alkyl carbamates (subject to hydrolysis) is 1. The highest BCUT2D eigenvalue weighted by molar-refractivity contribution is 7.99. The molecule has 0 unspecified atom stereocenters. The molecule has 0 bridgehead atoms. The maximum atomic E-state index is 12.9. The van der Waals surface area contributed by atoms with Gasteiger partial charge in [0.15, 0.2) is 0 Å². The summed E-state index contributed by atoms with van der Waals surface area (Å²) >= 11 is 1.47. The molecule has 0 aliphatic carbocycles. The van der Waals surface area contributed by atoms with E-state index >= 15 is 0 Å². The largest absolute Gasteiger partial charge is 0.444 e. The van der Waals surface area contributed by atoms with Crippen molar-refractivity contribution in [3.8, 4) is 0 Å². The summed E-state index contributed by atoms with van der Waals surface area (Å²) in [6.07, 6.45) is 9.68. The lowest BCUT2D eigenvalue weighted by atomic mass is 10.1. The molecule has 10 nitrogen and oxygen atoms in total. The smallest absolute Gasteiger partial charge is 0.408 e. The number of hydrazine groups is 1. The van der Waals surface area contributed by atoms with E-state index < -0.39 is 41.5 Å². The molecule has 0 saturated carbocycles. The van der Waals surface area contributed by atoms with Crippen LogP contribution in [0.3, 0.4) is 0 Å². The second-order valence-electron chi connectivity index (χ2n) is 10.8. The lowest BCUT2D eigenvalue weighted by Gasteiger charge is -2.24. The molecule has 0 fully saturated rings. The highest BCUT2D eigenvalue weighted by Crippen LogP contribution is 2.13. The Bertz CT molecular complexity index is 905. The predicted molar refractivity (Wildman–Crippen MR) is 159 cm³/mol. The van der Waals surface area contributed by atoms with E-state index in [9.17, 15) is 19.2 Å². The first-order chi connectivity index (χ1) is 18.1. The van der Waals surface area contributed by atoms with E-state index in [1.807, 2.05) is 0 Å². The number of rotatable bonds is 17. The van der Waals surface area contributed by atoms with Gasteiger partial charge in [0.25, 0.3) is 5.91 Å². The van der Waals surface area contributed by atoms with Crippen LogP contribution < -0.4 is 27.6 Å². The molecule has 2 atom stereocenters. The van der Waals surface area contributed by atoms with Crippen molar-refractivity contribution in [2.75, 3.05) is 11.5 Å². The Morgan fingerprint density at radius 3 is 1.97 bits per heavy atom. The van der Waals surface area contributed by atoms with E-state index in [4.69, 9.17) is 16.3 Å². The molecule has 0 rings (SSSR count). The summed E-state index contributed by atoms with van der Waals surface area (Å²) in [6, 6.07) is -2.06. The lowest BCUT2D eigenvalue weighted by Crippen LogP contribution is -2.56. The number of primary amides is 1. The van der Waals surface area contributed by atoms with Crippen LogP contribution in [0.2, 0.25) is 0 Å². The Morgan fingerprint density at radius 2 is 1.44 bits per heavy atom. The first kappa shape index (κ1) is 36.2. The van der Waals surface area contributed by atoms with Gasteiger partial charge in [-0.15, -0.1) is 0 Å². The van der Waals surface area contributed by atoms with E-state index in [0.29, 0.717) is 5.75 Å². The second kappa shape index (κ2) is 19.3. The van der Waals surface area contributed by atoms with Crippen LogP contribution in [-0.4, -0.2) is 53.0 Å². The molecule has 0 aromatic carbocycles. The van der Waals surface area contributed by atoms with E-state index in [1.54, 1.807) is 20.8 Å². The number of carbonyl (C=O) groups is 4. The minimum absolute atomic E-state index is 0.0463. The maximum Gasteiger partial charge on any atom is 0.408 e. The molecule has 0 heterocycles. The number of hydrogen-bond donors (Lipinski definition) is 5. The van der Waals surface area contributed by atoms with Gasteiger partial charge in [-0.25, -0.2) is 10.6 Å². The maximum absolute atomic E-state index is 12.9. The molecule has 11 heteroatoms. The highest BCUT2D eigenvalue weighted by atomic mass is 32.2. The molecule has 4 amide bonds. The molecule has 0 aliphatic rings. The Hall–Kier alpha value is -2.79. The van der Waals surface area contributed by atoms with Gasteiger partial charge in [0.05, 0.1) is 0 Å². The van der Waals surface area contributed by atoms with Crippen molar-refractivity contribution in [2.24, 2.45) is 11.6 Å². The number of nitrogens with two attached hydrogens (primary N) is 2. The Labute approximate surface area is 238 Å². The molecule has 222 valence electrons. The summed E-state index contributed by atoms with van der Waals surface area (Å²) < 4.78 is 5.21. The standard InChI is InChI=1S/C28H49N5O5S/c1-19(2)10-8-11-20(3)12-9-13-21(4)16-17-39-18-23(26(36)33-30)31-25(35)22(14-15-24(29)34)32-27(37)38-28(5,6)7/h10,12,16,22-23H,8-9,11,13-15,17-18,30H2,1-7H3,(H2,29,34)(H,31,35)(H,32,37)(H,33,36)/b20-12+,21-16+/t22-,23+/m1/s1. The van der Waals surface area contributed by atoms with Crippen LogP contribution in [0.4, 0.5) is 4.79 Å². The van der Waals surface area contributed by atoms with Crippen molar-refractivity contribution in [3.63, 3.8) is 0 Å². The molecule has 0 aromatic rings. The molecule has 0 aliphatic heterocycles. The number of amides is 4. The van der Waals surface area contributed by atoms with Crippen molar-refractivity contribution in [2.45, 2.75) is 105 Å². The molecule has 39 heavy (non-hydrogen) atoms. The van der Waals surface area contributed by atoms with Gasteiger partial charge < -0.3 is 21.1 Å². The zero-order valence-electron chi connectivity index (χ0n) is 24.6. The van der Waals surface area contributed by atoms with Crippen LogP contribution in [0.25, 0.3) is 0 Å². The monoisotopic (exact) mass is 567 g/mol. The van der Waals surface area contributed by atoms with Crippen LogP contribution in [0.1, 0.15) is 87.0 Å². The summed E-state index contributed by atoms with van der Waals surface area (Å²) in [7, 11) is 0. The summed E-state index contributed by atoms with van der Waals surface area (Å²) in [5, 5.41) is 5.06. The third-order valence-electron chi connectivity index (χ3n) is 5.42. The number of ether oxygens (including phenoxy) is 1. The molecular formula is C28H49N5O5S. The minimum atomic E-state index is -1.12. The molecule has 0 spiro atoms. The third kappa shape index (κ3) is 19.9. The second-order valence-corrected chi connectivity index (χ2v) is 11.8. The van der Waals surface area contributed by atoms with E-state index in [1.165, 1.54) is 28.5 Å². The summed E-state index contributed by atoms with van der Waals surface area (Å²) in [6.45, 7) is 13.5. The van der Waals surface area contributed by atoms with Crippen molar-refractivity contribution >= 4 is 35.6 Å². The average Bonchev–Trinajstić information content (AvgIpc) is 2.81.